The summed E-state index contributed by atoms with van der Waals surface area (Å²) in [6.07, 6.45) is 5.48. The van der Waals surface area contributed by atoms with Crippen LogP contribution in [-0.2, 0) is 11.3 Å². The van der Waals surface area contributed by atoms with Gasteiger partial charge >= 0.3 is 0 Å². The quantitative estimate of drug-likeness (QED) is 0.836. The van der Waals surface area contributed by atoms with Gasteiger partial charge in [0.1, 0.15) is 5.82 Å². The zero-order valence-corrected chi connectivity index (χ0v) is 10.3. The van der Waals surface area contributed by atoms with E-state index in [1.165, 1.54) is 6.92 Å². The van der Waals surface area contributed by atoms with Crippen LogP contribution in [0.2, 0.25) is 0 Å². The second-order valence-electron chi connectivity index (χ2n) is 3.95. The first kappa shape index (κ1) is 12.1. The fourth-order valence-corrected chi connectivity index (χ4v) is 1.80. The molecule has 0 aliphatic rings. The smallest absolute Gasteiger partial charge is 0.221 e. The Labute approximate surface area is 106 Å². The number of anilines is 1. The number of nitrogens with one attached hydrogen (secondary N) is 1. The molecule has 0 saturated heterocycles. The van der Waals surface area contributed by atoms with Crippen molar-refractivity contribution >= 4 is 11.6 Å². The maximum absolute atomic E-state index is 11.0. The van der Waals surface area contributed by atoms with Gasteiger partial charge in [0.2, 0.25) is 5.91 Å². The van der Waals surface area contributed by atoms with Crippen molar-refractivity contribution in [1.29, 1.82) is 0 Å². The fourth-order valence-electron chi connectivity index (χ4n) is 1.80. The zero-order valence-electron chi connectivity index (χ0n) is 10.3. The van der Waals surface area contributed by atoms with Crippen molar-refractivity contribution in [3.05, 3.63) is 49.3 Å². The van der Waals surface area contributed by atoms with Crippen LogP contribution in [0.5, 0.6) is 0 Å². The highest BCUT2D eigenvalue weighted by Crippen LogP contribution is 2.21. The van der Waals surface area contributed by atoms with Gasteiger partial charge in [0.15, 0.2) is 0 Å². The van der Waals surface area contributed by atoms with Gasteiger partial charge in [-0.15, -0.1) is 6.58 Å². The number of imidazole rings is 1. The second kappa shape index (κ2) is 5.31. The molecule has 0 saturated carbocycles. The Bertz CT molecular complexity index is 572. The molecule has 2 rings (SSSR count). The average Bonchev–Trinajstić information content (AvgIpc) is 2.77. The number of amides is 1. The number of nitrogens with zero attached hydrogens (tertiary/aromatic N) is 2. The van der Waals surface area contributed by atoms with Crippen LogP contribution in [-0.4, -0.2) is 15.5 Å². The van der Waals surface area contributed by atoms with Gasteiger partial charge in [-0.2, -0.15) is 0 Å². The van der Waals surface area contributed by atoms with Crippen LogP contribution in [0.25, 0.3) is 11.4 Å². The number of benzene rings is 1. The minimum Gasteiger partial charge on any atom is -0.327 e. The second-order valence-corrected chi connectivity index (χ2v) is 3.95. The van der Waals surface area contributed by atoms with Gasteiger partial charge in [0, 0.05) is 37.1 Å². The van der Waals surface area contributed by atoms with Crippen LogP contribution in [0.3, 0.4) is 0 Å². The van der Waals surface area contributed by atoms with Crippen LogP contribution in [0, 0.1) is 0 Å². The molecule has 2 aromatic rings. The highest BCUT2D eigenvalue weighted by Gasteiger charge is 2.06. The lowest BCUT2D eigenvalue weighted by Crippen LogP contribution is -2.05. The number of aromatic nitrogens is 2. The fraction of sp³-hybridized carbons (Fsp3) is 0.143. The molecule has 4 nitrogen and oxygen atoms in total. The van der Waals surface area contributed by atoms with Gasteiger partial charge in [-0.1, -0.05) is 18.2 Å². The summed E-state index contributed by atoms with van der Waals surface area (Å²) in [5.41, 5.74) is 1.74. The van der Waals surface area contributed by atoms with Gasteiger partial charge < -0.3 is 9.88 Å². The van der Waals surface area contributed by atoms with Gasteiger partial charge in [-0.3, -0.25) is 4.79 Å². The van der Waals surface area contributed by atoms with Gasteiger partial charge in [0.25, 0.3) is 0 Å². The van der Waals surface area contributed by atoms with Crippen molar-refractivity contribution in [2.24, 2.45) is 0 Å². The summed E-state index contributed by atoms with van der Waals surface area (Å²) >= 11 is 0. The molecule has 1 aromatic heterocycles. The van der Waals surface area contributed by atoms with E-state index in [0.717, 1.165) is 17.1 Å². The van der Waals surface area contributed by atoms with Crippen LogP contribution in [0.15, 0.2) is 49.3 Å². The molecular formula is C14H15N3O. The van der Waals surface area contributed by atoms with E-state index >= 15 is 0 Å². The Balaban J connectivity index is 2.35. The Morgan fingerprint density at radius 2 is 2.39 bits per heavy atom. The molecule has 0 aliphatic heterocycles. The number of hydrogen-bond acceptors (Lipinski definition) is 2. The van der Waals surface area contributed by atoms with E-state index in [-0.39, 0.29) is 5.91 Å². The molecule has 1 amide bonds. The molecular weight excluding hydrogens is 226 g/mol. The van der Waals surface area contributed by atoms with Crippen molar-refractivity contribution in [2.75, 3.05) is 5.32 Å². The first-order chi connectivity index (χ1) is 8.70. The van der Waals surface area contributed by atoms with Crippen LogP contribution >= 0.6 is 0 Å². The third kappa shape index (κ3) is 2.66. The number of carbonyl (C=O) groups is 1. The molecule has 0 spiro atoms. The standard InChI is InChI=1S/C14H15N3O/c1-3-8-17-9-7-15-14(17)12-5-4-6-13(10-12)16-11(2)18/h3-7,9-10H,1,8H2,2H3,(H,16,18). The number of allylic oxidation sites excluding steroid dienone is 1. The third-order valence-electron chi connectivity index (χ3n) is 2.48. The molecule has 1 heterocycles. The van der Waals surface area contributed by atoms with Crippen molar-refractivity contribution in [3.8, 4) is 11.4 Å². The summed E-state index contributed by atoms with van der Waals surface area (Å²) in [5, 5.41) is 2.76. The molecule has 92 valence electrons. The number of hydrogen-bond donors (Lipinski definition) is 1. The Morgan fingerprint density at radius 3 is 3.11 bits per heavy atom. The number of rotatable bonds is 4. The summed E-state index contributed by atoms with van der Waals surface area (Å²) in [7, 11) is 0. The lowest BCUT2D eigenvalue weighted by atomic mass is 10.2. The third-order valence-corrected chi connectivity index (χ3v) is 2.48. The Hall–Kier alpha value is -2.36. The largest absolute Gasteiger partial charge is 0.327 e. The molecule has 1 aromatic carbocycles. The molecule has 0 unspecified atom stereocenters. The maximum atomic E-state index is 11.0. The van der Waals surface area contributed by atoms with Crippen LogP contribution < -0.4 is 5.32 Å². The first-order valence-corrected chi connectivity index (χ1v) is 5.71. The summed E-state index contributed by atoms with van der Waals surface area (Å²) in [6.45, 7) is 5.92. The summed E-state index contributed by atoms with van der Waals surface area (Å²) in [5.74, 6) is 0.781. The van der Waals surface area contributed by atoms with Gasteiger partial charge in [-0.05, 0) is 12.1 Å². The van der Waals surface area contributed by atoms with Crippen molar-refractivity contribution in [3.63, 3.8) is 0 Å². The van der Waals surface area contributed by atoms with Gasteiger partial charge in [-0.25, -0.2) is 4.98 Å². The normalized spacial score (nSPS) is 10.1. The van der Waals surface area contributed by atoms with Crippen LogP contribution in [0.1, 0.15) is 6.92 Å². The Morgan fingerprint density at radius 1 is 1.56 bits per heavy atom. The first-order valence-electron chi connectivity index (χ1n) is 5.71. The minimum atomic E-state index is -0.0819. The zero-order chi connectivity index (χ0) is 13.0. The van der Waals surface area contributed by atoms with Crippen molar-refractivity contribution in [2.45, 2.75) is 13.5 Å². The molecule has 0 atom stereocenters. The summed E-state index contributed by atoms with van der Waals surface area (Å²) in [6, 6.07) is 7.62. The van der Waals surface area contributed by atoms with Gasteiger partial charge in [0.05, 0.1) is 0 Å². The maximum Gasteiger partial charge on any atom is 0.221 e. The predicted molar refractivity (Wildman–Crippen MR) is 72.2 cm³/mol. The lowest BCUT2D eigenvalue weighted by Gasteiger charge is -2.07. The monoisotopic (exact) mass is 241 g/mol. The van der Waals surface area contributed by atoms with Crippen molar-refractivity contribution in [1.82, 2.24) is 9.55 Å². The van der Waals surface area contributed by atoms with Crippen molar-refractivity contribution < 1.29 is 4.79 Å². The molecule has 18 heavy (non-hydrogen) atoms. The van der Waals surface area contributed by atoms with E-state index in [1.54, 1.807) is 6.20 Å². The van der Waals surface area contributed by atoms with E-state index in [4.69, 9.17) is 0 Å². The topological polar surface area (TPSA) is 46.9 Å². The molecule has 0 bridgehead atoms. The molecule has 0 aliphatic carbocycles. The average molecular weight is 241 g/mol. The summed E-state index contributed by atoms with van der Waals surface area (Å²) < 4.78 is 2.00. The minimum absolute atomic E-state index is 0.0819. The predicted octanol–water partition coefficient (Wildman–Crippen LogP) is 2.69. The Kier molecular flexibility index (Phi) is 3.57. The molecule has 0 fully saturated rings. The van der Waals surface area contributed by atoms with E-state index in [9.17, 15) is 4.79 Å². The SMILES string of the molecule is C=CCn1ccnc1-c1cccc(NC(C)=O)c1. The van der Waals surface area contributed by atoms with E-state index in [1.807, 2.05) is 41.1 Å². The highest BCUT2D eigenvalue weighted by molar-refractivity contribution is 5.89. The lowest BCUT2D eigenvalue weighted by molar-refractivity contribution is -0.114. The molecule has 4 heteroatoms. The summed E-state index contributed by atoms with van der Waals surface area (Å²) in [4.78, 5) is 15.4. The highest BCUT2D eigenvalue weighted by atomic mass is 16.1. The van der Waals surface area contributed by atoms with E-state index in [2.05, 4.69) is 16.9 Å². The van der Waals surface area contributed by atoms with E-state index < -0.39 is 0 Å². The molecule has 1 N–H and O–H groups in total. The van der Waals surface area contributed by atoms with Crippen LogP contribution in [0.4, 0.5) is 5.69 Å². The number of carbonyl (C=O) groups excluding carboxylic acids is 1. The van der Waals surface area contributed by atoms with E-state index in [0.29, 0.717) is 6.54 Å². The molecule has 0 radical (unpaired) electrons.